The normalized spacial score (nSPS) is 13.8. The van der Waals surface area contributed by atoms with E-state index in [0.29, 0.717) is 4.88 Å². The van der Waals surface area contributed by atoms with Crippen LogP contribution in [0.1, 0.15) is 23.5 Å². The van der Waals surface area contributed by atoms with Gasteiger partial charge < -0.3 is 15.7 Å². The maximum absolute atomic E-state index is 11.6. The highest BCUT2D eigenvalue weighted by molar-refractivity contribution is 7.12. The highest BCUT2D eigenvalue weighted by atomic mass is 32.1. The van der Waals surface area contributed by atoms with E-state index in [2.05, 4.69) is 10.6 Å². The highest BCUT2D eigenvalue weighted by Crippen LogP contribution is 2.07. The van der Waals surface area contributed by atoms with Crippen molar-refractivity contribution in [1.82, 2.24) is 10.6 Å². The van der Waals surface area contributed by atoms with Gasteiger partial charge in [0.25, 0.3) is 5.91 Å². The third-order valence-corrected chi connectivity index (χ3v) is 2.93. The molecule has 1 rings (SSSR count). The van der Waals surface area contributed by atoms with Crippen molar-refractivity contribution in [2.75, 3.05) is 6.54 Å². The van der Waals surface area contributed by atoms with Crippen LogP contribution < -0.4 is 10.6 Å². The fraction of sp³-hybridized carbons (Fsp3) is 0.455. The number of hydrogen-bond donors (Lipinski definition) is 3. The number of nitrogens with one attached hydrogen (secondary N) is 2. The Balaban J connectivity index is 2.41. The number of hydrogen-bond acceptors (Lipinski definition) is 4. The van der Waals surface area contributed by atoms with E-state index >= 15 is 0 Å². The van der Waals surface area contributed by atoms with E-state index < -0.39 is 12.1 Å². The second-order valence-corrected chi connectivity index (χ2v) is 4.71. The summed E-state index contributed by atoms with van der Waals surface area (Å²) in [5, 5.41) is 15.9. The third-order valence-electron chi connectivity index (χ3n) is 2.06. The number of carbonyl (C=O) groups is 2. The molecule has 0 fully saturated rings. The number of carbonyl (C=O) groups excluding carboxylic acids is 2. The van der Waals surface area contributed by atoms with E-state index in [1.165, 1.54) is 11.3 Å². The molecule has 2 amide bonds. The summed E-state index contributed by atoms with van der Waals surface area (Å²) in [5.74, 6) is -0.574. The molecule has 6 heteroatoms. The lowest BCUT2D eigenvalue weighted by atomic mass is 10.3. The highest BCUT2D eigenvalue weighted by Gasteiger charge is 2.16. The third kappa shape index (κ3) is 4.54. The van der Waals surface area contributed by atoms with Gasteiger partial charge >= 0.3 is 0 Å². The quantitative estimate of drug-likeness (QED) is 0.712. The number of amides is 2. The Labute approximate surface area is 104 Å². The van der Waals surface area contributed by atoms with Crippen molar-refractivity contribution in [1.29, 1.82) is 0 Å². The Morgan fingerprint density at radius 2 is 2.18 bits per heavy atom. The van der Waals surface area contributed by atoms with Crippen LogP contribution in [0.25, 0.3) is 0 Å². The zero-order valence-electron chi connectivity index (χ0n) is 9.77. The van der Waals surface area contributed by atoms with Gasteiger partial charge in [-0.05, 0) is 25.3 Å². The Bertz CT molecular complexity index is 376. The summed E-state index contributed by atoms with van der Waals surface area (Å²) in [6, 6.07) is 2.85. The molecular formula is C11H16N2O3S. The van der Waals surface area contributed by atoms with Crippen LogP contribution in [0.3, 0.4) is 0 Å². The van der Waals surface area contributed by atoms with Gasteiger partial charge in [0.15, 0.2) is 0 Å². The largest absolute Gasteiger partial charge is 0.392 e. The predicted octanol–water partition coefficient (Wildman–Crippen LogP) is 0.363. The lowest BCUT2D eigenvalue weighted by Gasteiger charge is -2.14. The maximum atomic E-state index is 11.6. The molecule has 0 saturated carbocycles. The van der Waals surface area contributed by atoms with Gasteiger partial charge in [0.1, 0.15) is 6.04 Å². The summed E-state index contributed by atoms with van der Waals surface area (Å²) in [7, 11) is 0. The van der Waals surface area contributed by atoms with E-state index in [0.717, 1.165) is 0 Å². The first-order chi connectivity index (χ1) is 8.00. The van der Waals surface area contributed by atoms with E-state index in [1.54, 1.807) is 31.4 Å². The van der Waals surface area contributed by atoms with Gasteiger partial charge in [0.2, 0.25) is 5.91 Å². The molecule has 1 heterocycles. The molecule has 5 nitrogen and oxygen atoms in total. The SMILES string of the molecule is CC(NC(=O)c1cccs1)C(=O)NC[C@@H](C)O. The van der Waals surface area contributed by atoms with Crippen LogP contribution >= 0.6 is 11.3 Å². The van der Waals surface area contributed by atoms with Gasteiger partial charge in [-0.15, -0.1) is 11.3 Å². The fourth-order valence-corrected chi connectivity index (χ4v) is 1.77. The van der Waals surface area contributed by atoms with Crippen molar-refractivity contribution < 1.29 is 14.7 Å². The molecule has 0 bridgehead atoms. The Kier molecular flexibility index (Phi) is 5.11. The first-order valence-corrected chi connectivity index (χ1v) is 6.19. The van der Waals surface area contributed by atoms with Gasteiger partial charge in [-0.3, -0.25) is 9.59 Å². The molecule has 0 aliphatic carbocycles. The van der Waals surface area contributed by atoms with Crippen molar-refractivity contribution in [3.63, 3.8) is 0 Å². The number of aliphatic hydroxyl groups excluding tert-OH is 1. The van der Waals surface area contributed by atoms with Gasteiger partial charge in [-0.1, -0.05) is 6.07 Å². The van der Waals surface area contributed by atoms with E-state index in [4.69, 9.17) is 5.11 Å². The van der Waals surface area contributed by atoms with Gasteiger partial charge in [-0.2, -0.15) is 0 Å². The molecule has 3 N–H and O–H groups in total. The average molecular weight is 256 g/mol. The predicted molar refractivity (Wildman–Crippen MR) is 65.9 cm³/mol. The molecule has 0 aliphatic rings. The van der Waals surface area contributed by atoms with Crippen LogP contribution in [0, 0.1) is 0 Å². The van der Waals surface area contributed by atoms with Gasteiger partial charge in [0, 0.05) is 6.54 Å². The molecule has 1 aromatic heterocycles. The van der Waals surface area contributed by atoms with Crippen LogP contribution in [0.4, 0.5) is 0 Å². The van der Waals surface area contributed by atoms with E-state index in [1.807, 2.05) is 0 Å². The standard InChI is InChI=1S/C11H16N2O3S/c1-7(14)6-12-10(15)8(2)13-11(16)9-4-3-5-17-9/h3-5,7-8,14H,6H2,1-2H3,(H,12,15)(H,13,16)/t7-,8?/m1/s1. The maximum Gasteiger partial charge on any atom is 0.261 e. The van der Waals surface area contributed by atoms with Crippen LogP contribution in [-0.2, 0) is 4.79 Å². The molecule has 17 heavy (non-hydrogen) atoms. The molecule has 2 atom stereocenters. The van der Waals surface area contributed by atoms with Crippen LogP contribution in [0.2, 0.25) is 0 Å². The topological polar surface area (TPSA) is 78.4 Å². The van der Waals surface area contributed by atoms with Crippen LogP contribution in [-0.4, -0.2) is 35.6 Å². The zero-order chi connectivity index (χ0) is 12.8. The molecule has 1 aromatic rings. The van der Waals surface area contributed by atoms with Crippen LogP contribution in [0.15, 0.2) is 17.5 Å². The lowest BCUT2D eigenvalue weighted by Crippen LogP contribution is -2.46. The van der Waals surface area contributed by atoms with E-state index in [-0.39, 0.29) is 18.4 Å². The van der Waals surface area contributed by atoms with Crippen molar-refractivity contribution >= 4 is 23.2 Å². The van der Waals surface area contributed by atoms with Crippen molar-refractivity contribution in [3.05, 3.63) is 22.4 Å². The molecule has 0 aromatic carbocycles. The van der Waals surface area contributed by atoms with E-state index in [9.17, 15) is 9.59 Å². The molecule has 1 unspecified atom stereocenters. The summed E-state index contributed by atoms with van der Waals surface area (Å²) >= 11 is 1.32. The van der Waals surface area contributed by atoms with Gasteiger partial charge in [-0.25, -0.2) is 0 Å². The van der Waals surface area contributed by atoms with Crippen molar-refractivity contribution in [2.45, 2.75) is 26.0 Å². The summed E-state index contributed by atoms with van der Waals surface area (Å²) < 4.78 is 0. The summed E-state index contributed by atoms with van der Waals surface area (Å²) in [6.07, 6.45) is -0.598. The monoisotopic (exact) mass is 256 g/mol. The minimum atomic E-state index is -0.622. The minimum Gasteiger partial charge on any atom is -0.392 e. The van der Waals surface area contributed by atoms with Gasteiger partial charge in [0.05, 0.1) is 11.0 Å². The molecular weight excluding hydrogens is 240 g/mol. The first kappa shape index (κ1) is 13.7. The first-order valence-electron chi connectivity index (χ1n) is 5.31. The Morgan fingerprint density at radius 1 is 1.47 bits per heavy atom. The van der Waals surface area contributed by atoms with Crippen molar-refractivity contribution in [3.8, 4) is 0 Å². The average Bonchev–Trinajstić information content (AvgIpc) is 2.78. The summed E-state index contributed by atoms with van der Waals surface area (Å²) in [4.78, 5) is 23.7. The minimum absolute atomic E-state index is 0.179. The molecule has 0 spiro atoms. The Hall–Kier alpha value is -1.40. The lowest BCUT2D eigenvalue weighted by molar-refractivity contribution is -0.123. The summed E-state index contributed by atoms with van der Waals surface area (Å²) in [6.45, 7) is 3.36. The molecule has 0 radical (unpaired) electrons. The number of aliphatic hydroxyl groups is 1. The fourth-order valence-electron chi connectivity index (χ4n) is 1.14. The molecule has 0 aliphatic heterocycles. The zero-order valence-corrected chi connectivity index (χ0v) is 10.6. The second kappa shape index (κ2) is 6.36. The molecule has 94 valence electrons. The number of rotatable bonds is 5. The Morgan fingerprint density at radius 3 is 2.71 bits per heavy atom. The van der Waals surface area contributed by atoms with Crippen molar-refractivity contribution in [2.24, 2.45) is 0 Å². The van der Waals surface area contributed by atoms with Crippen LogP contribution in [0.5, 0.6) is 0 Å². The smallest absolute Gasteiger partial charge is 0.261 e. The second-order valence-electron chi connectivity index (χ2n) is 3.77. The number of thiophene rings is 1. The molecule has 0 saturated heterocycles. The summed E-state index contributed by atoms with van der Waals surface area (Å²) in [5.41, 5.74) is 0.